The first kappa shape index (κ1) is 64.5. The van der Waals surface area contributed by atoms with Crippen LogP contribution in [-0.2, 0) is 27.9 Å². The van der Waals surface area contributed by atoms with Crippen molar-refractivity contribution in [2.75, 3.05) is 54.1 Å². The largest absolute Gasteiger partial charge is 0.472 e. The predicted octanol–water partition coefficient (Wildman–Crippen LogP) is 17.5. The van der Waals surface area contributed by atoms with E-state index in [2.05, 4.69) is 62.5 Å². The third-order valence-electron chi connectivity index (χ3n) is 12.1. The van der Waals surface area contributed by atoms with Crippen LogP contribution in [0.4, 0.5) is 0 Å². The number of nitrogens with zero attached hydrogens (tertiary/aromatic N) is 1. The van der Waals surface area contributed by atoms with Crippen molar-refractivity contribution < 1.29 is 37.3 Å². The van der Waals surface area contributed by atoms with Crippen molar-refractivity contribution in [1.29, 1.82) is 0 Å². The van der Waals surface area contributed by atoms with Crippen LogP contribution in [0.2, 0.25) is 0 Å². The molecule has 0 saturated carbocycles. The number of quaternary nitrogens is 1. The van der Waals surface area contributed by atoms with E-state index in [1.54, 1.807) is 0 Å². The number of carbonyl (C=O) groups excluding carboxylic acids is 1. The maximum absolute atomic E-state index is 12.8. The number of phosphoric ester groups is 1. The molecular weight excluding hydrogens is 842 g/mol. The van der Waals surface area contributed by atoms with E-state index in [1.807, 2.05) is 21.1 Å². The molecule has 66 heavy (non-hydrogen) atoms. The number of esters is 1. The van der Waals surface area contributed by atoms with Crippen molar-refractivity contribution in [3.63, 3.8) is 0 Å². The fraction of sp³-hybridized carbons (Fsp3) is 0.842. The molecule has 388 valence electrons. The molecule has 2 unspecified atom stereocenters. The van der Waals surface area contributed by atoms with Crippen LogP contribution in [0.5, 0.6) is 0 Å². The van der Waals surface area contributed by atoms with Crippen LogP contribution in [0.1, 0.15) is 251 Å². The second kappa shape index (κ2) is 49.9. The lowest BCUT2D eigenvalue weighted by atomic mass is 10.0. The highest BCUT2D eigenvalue weighted by Gasteiger charge is 2.26. The lowest BCUT2D eigenvalue weighted by molar-refractivity contribution is -0.870. The predicted molar refractivity (Wildman–Crippen MR) is 284 cm³/mol. The Labute approximate surface area is 409 Å². The molecule has 0 saturated heterocycles. The molecule has 0 fully saturated rings. The molecule has 0 spiro atoms. The Kier molecular flexibility index (Phi) is 48.7. The molecule has 0 aromatic carbocycles. The maximum Gasteiger partial charge on any atom is 0.472 e. The SMILES string of the molecule is CCCCCC/C=C\C/C=C\CCCCCCCCCC(=O)OC(COCCCCCCCCCCCCCCCC/C=C\C/C=C\CCCCCCC)COP(=O)(O)OCC[N+](C)(C)C. The number of unbranched alkanes of at least 4 members (excludes halogenated alkanes) is 30. The monoisotopic (exact) mass is 951 g/mol. The molecule has 0 aliphatic carbocycles. The first-order chi connectivity index (χ1) is 32.1. The summed E-state index contributed by atoms with van der Waals surface area (Å²) in [7, 11) is 1.67. The van der Waals surface area contributed by atoms with Crippen LogP contribution < -0.4 is 0 Å². The number of rotatable bonds is 52. The summed E-state index contributed by atoms with van der Waals surface area (Å²) in [6, 6.07) is 0. The van der Waals surface area contributed by atoms with Gasteiger partial charge in [-0.05, 0) is 77.0 Å². The van der Waals surface area contributed by atoms with Gasteiger partial charge >= 0.3 is 13.8 Å². The van der Waals surface area contributed by atoms with E-state index < -0.39 is 13.9 Å². The molecule has 0 rings (SSSR count). The van der Waals surface area contributed by atoms with Gasteiger partial charge in [0.05, 0.1) is 34.4 Å². The molecule has 2 atom stereocenters. The Morgan fingerprint density at radius 2 is 0.833 bits per heavy atom. The Hall–Kier alpha value is -1.54. The van der Waals surface area contributed by atoms with Gasteiger partial charge in [-0.1, -0.05) is 217 Å². The Morgan fingerprint density at radius 3 is 1.24 bits per heavy atom. The van der Waals surface area contributed by atoms with E-state index in [9.17, 15) is 14.3 Å². The summed E-state index contributed by atoms with van der Waals surface area (Å²) in [4.78, 5) is 23.0. The van der Waals surface area contributed by atoms with Crippen molar-refractivity contribution in [3.05, 3.63) is 48.6 Å². The van der Waals surface area contributed by atoms with E-state index in [1.165, 1.54) is 180 Å². The van der Waals surface area contributed by atoms with Crippen LogP contribution in [0.3, 0.4) is 0 Å². The molecule has 9 heteroatoms. The minimum atomic E-state index is -4.29. The van der Waals surface area contributed by atoms with Gasteiger partial charge in [-0.15, -0.1) is 0 Å². The van der Waals surface area contributed by atoms with E-state index >= 15 is 0 Å². The standard InChI is InChI=1S/C57H108NO7P/c1-6-8-10-12-14-16-18-20-22-24-26-27-28-29-30-31-32-33-35-37-39-41-43-45-47-49-52-62-54-56(55-64-66(60,61)63-53-51-58(3,4)5)65-57(59)50-48-46-44-42-40-38-36-34-25-23-21-19-17-15-13-11-9-7-2/h17-20,23-26,56H,6-16,21-22,27-55H2,1-5H3/p+1/b19-17-,20-18-,25-23-,26-24-. The Bertz CT molecular complexity index is 1200. The van der Waals surface area contributed by atoms with Crippen LogP contribution in [-0.4, -0.2) is 75.6 Å². The number of likely N-dealkylation sites (N-methyl/N-ethyl adjacent to an activating group) is 1. The minimum Gasteiger partial charge on any atom is -0.457 e. The highest BCUT2D eigenvalue weighted by Crippen LogP contribution is 2.43. The number of ether oxygens (including phenoxy) is 2. The smallest absolute Gasteiger partial charge is 0.457 e. The summed E-state index contributed by atoms with van der Waals surface area (Å²) in [5, 5.41) is 0. The Morgan fingerprint density at radius 1 is 0.470 bits per heavy atom. The van der Waals surface area contributed by atoms with Gasteiger partial charge in [0, 0.05) is 13.0 Å². The van der Waals surface area contributed by atoms with Crippen molar-refractivity contribution >= 4 is 13.8 Å². The van der Waals surface area contributed by atoms with E-state index in [4.69, 9.17) is 18.5 Å². The average Bonchev–Trinajstić information content (AvgIpc) is 3.28. The summed E-state index contributed by atoms with van der Waals surface area (Å²) in [5.74, 6) is -0.319. The Balaban J connectivity index is 4.07. The molecule has 8 nitrogen and oxygen atoms in total. The lowest BCUT2D eigenvalue weighted by Gasteiger charge is -2.24. The van der Waals surface area contributed by atoms with E-state index in [0.717, 1.165) is 51.4 Å². The second-order valence-electron chi connectivity index (χ2n) is 20.0. The normalized spacial score (nSPS) is 13.8. The quantitative estimate of drug-likeness (QED) is 0.0213. The van der Waals surface area contributed by atoms with Gasteiger partial charge in [-0.25, -0.2) is 4.57 Å². The molecular formula is C57H109NO7P+. The van der Waals surface area contributed by atoms with Gasteiger partial charge in [0.15, 0.2) is 0 Å². The highest BCUT2D eigenvalue weighted by atomic mass is 31.2. The molecule has 0 aromatic heterocycles. The number of allylic oxidation sites excluding steroid dienone is 8. The second-order valence-corrected chi connectivity index (χ2v) is 21.4. The zero-order valence-electron chi connectivity index (χ0n) is 44.2. The number of phosphoric acid groups is 1. The van der Waals surface area contributed by atoms with E-state index in [-0.39, 0.29) is 25.8 Å². The first-order valence-corrected chi connectivity index (χ1v) is 29.4. The third-order valence-corrected chi connectivity index (χ3v) is 13.1. The summed E-state index contributed by atoms with van der Waals surface area (Å²) in [5.41, 5.74) is 0. The van der Waals surface area contributed by atoms with Crippen LogP contribution in [0.15, 0.2) is 48.6 Å². The molecule has 1 N–H and O–H groups in total. The van der Waals surface area contributed by atoms with Crippen LogP contribution in [0.25, 0.3) is 0 Å². The fourth-order valence-corrected chi connectivity index (χ4v) is 8.53. The summed E-state index contributed by atoms with van der Waals surface area (Å²) >= 11 is 0. The molecule has 0 amide bonds. The van der Waals surface area contributed by atoms with Gasteiger partial charge < -0.3 is 18.9 Å². The molecule has 0 aliphatic rings. The molecule has 0 aromatic rings. The summed E-state index contributed by atoms with van der Waals surface area (Å²) < 4.78 is 35.2. The van der Waals surface area contributed by atoms with Crippen molar-refractivity contribution in [1.82, 2.24) is 0 Å². The first-order valence-electron chi connectivity index (χ1n) is 27.9. The lowest BCUT2D eigenvalue weighted by Crippen LogP contribution is -2.37. The van der Waals surface area contributed by atoms with E-state index in [0.29, 0.717) is 24.1 Å². The molecule has 0 radical (unpaired) electrons. The number of carbonyl (C=O) groups is 1. The zero-order valence-corrected chi connectivity index (χ0v) is 45.1. The third kappa shape index (κ3) is 53.4. The summed E-state index contributed by atoms with van der Waals surface area (Å²) in [6.07, 6.45) is 63.1. The molecule has 0 heterocycles. The maximum atomic E-state index is 12.8. The van der Waals surface area contributed by atoms with Crippen LogP contribution >= 0.6 is 7.82 Å². The number of hydrogen-bond acceptors (Lipinski definition) is 6. The van der Waals surface area contributed by atoms with Crippen molar-refractivity contribution in [2.24, 2.45) is 0 Å². The molecule has 0 bridgehead atoms. The topological polar surface area (TPSA) is 91.3 Å². The number of hydrogen-bond donors (Lipinski definition) is 1. The van der Waals surface area contributed by atoms with Gasteiger partial charge in [0.2, 0.25) is 0 Å². The average molecular weight is 951 g/mol. The van der Waals surface area contributed by atoms with Crippen molar-refractivity contribution in [3.8, 4) is 0 Å². The zero-order chi connectivity index (χ0) is 48.3. The van der Waals surface area contributed by atoms with Gasteiger partial charge in [0.25, 0.3) is 0 Å². The molecule has 0 aliphatic heterocycles. The highest BCUT2D eigenvalue weighted by molar-refractivity contribution is 7.47. The van der Waals surface area contributed by atoms with Crippen LogP contribution in [0, 0.1) is 0 Å². The fourth-order valence-electron chi connectivity index (χ4n) is 7.79. The van der Waals surface area contributed by atoms with Gasteiger partial charge in [-0.3, -0.25) is 13.8 Å². The van der Waals surface area contributed by atoms with Crippen molar-refractivity contribution in [2.45, 2.75) is 258 Å². The minimum absolute atomic E-state index is 0.0866. The van der Waals surface area contributed by atoms with Gasteiger partial charge in [-0.2, -0.15) is 0 Å². The summed E-state index contributed by atoms with van der Waals surface area (Å²) in [6.45, 7) is 5.62. The van der Waals surface area contributed by atoms with Gasteiger partial charge in [0.1, 0.15) is 19.3 Å².